The summed E-state index contributed by atoms with van der Waals surface area (Å²) in [6, 6.07) is 12.9. The second-order valence-corrected chi connectivity index (χ2v) is 5.26. The molecule has 0 bridgehead atoms. The number of benzene rings is 2. The van der Waals surface area contributed by atoms with Crippen LogP contribution in [0.1, 0.15) is 13.8 Å². The van der Waals surface area contributed by atoms with Gasteiger partial charge in [-0.05, 0) is 42.5 Å². The third kappa shape index (κ3) is 3.37. The van der Waals surface area contributed by atoms with Crippen LogP contribution >= 0.6 is 0 Å². The van der Waals surface area contributed by atoms with E-state index in [1.807, 2.05) is 42.5 Å². The number of anilines is 2. The number of imidazole rings is 1. The Hall–Kier alpha value is -3.15. The molecular formula is C17H16N4O2. The quantitative estimate of drug-likeness (QED) is 0.694. The van der Waals surface area contributed by atoms with Crippen LogP contribution in [0.25, 0.3) is 22.4 Å². The number of H-pyrrole nitrogens is 1. The number of aromatic nitrogens is 2. The normalized spacial score (nSPS) is 10.5. The van der Waals surface area contributed by atoms with E-state index in [1.165, 1.54) is 13.8 Å². The van der Waals surface area contributed by atoms with Gasteiger partial charge < -0.3 is 15.6 Å². The molecule has 0 aliphatic heterocycles. The number of nitrogens with one attached hydrogen (secondary N) is 3. The van der Waals surface area contributed by atoms with Gasteiger partial charge in [0.15, 0.2) is 0 Å². The van der Waals surface area contributed by atoms with Crippen LogP contribution in [-0.2, 0) is 9.59 Å². The molecule has 6 heteroatoms. The van der Waals surface area contributed by atoms with Crippen LogP contribution in [-0.4, -0.2) is 21.8 Å². The van der Waals surface area contributed by atoms with Crippen molar-refractivity contribution in [3.63, 3.8) is 0 Å². The predicted molar refractivity (Wildman–Crippen MR) is 90.1 cm³/mol. The first-order valence-corrected chi connectivity index (χ1v) is 7.16. The third-order valence-corrected chi connectivity index (χ3v) is 3.28. The number of hydrogen-bond acceptors (Lipinski definition) is 3. The van der Waals surface area contributed by atoms with E-state index in [2.05, 4.69) is 20.6 Å². The maximum absolute atomic E-state index is 11.1. The lowest BCUT2D eigenvalue weighted by Gasteiger charge is -2.02. The van der Waals surface area contributed by atoms with Crippen molar-refractivity contribution in [2.75, 3.05) is 10.6 Å². The van der Waals surface area contributed by atoms with Gasteiger partial charge in [0.05, 0.1) is 11.0 Å². The smallest absolute Gasteiger partial charge is 0.221 e. The summed E-state index contributed by atoms with van der Waals surface area (Å²) in [5.41, 5.74) is 4.04. The van der Waals surface area contributed by atoms with Gasteiger partial charge in [0.25, 0.3) is 0 Å². The summed E-state index contributed by atoms with van der Waals surface area (Å²) in [5, 5.41) is 5.47. The van der Waals surface area contributed by atoms with E-state index in [4.69, 9.17) is 0 Å². The fourth-order valence-corrected chi connectivity index (χ4v) is 2.34. The highest BCUT2D eigenvalue weighted by atomic mass is 16.2. The van der Waals surface area contributed by atoms with Gasteiger partial charge >= 0.3 is 0 Å². The molecule has 0 spiro atoms. The summed E-state index contributed by atoms with van der Waals surface area (Å²) in [5.74, 6) is 0.513. The van der Waals surface area contributed by atoms with Crippen molar-refractivity contribution >= 4 is 34.2 Å². The summed E-state index contributed by atoms with van der Waals surface area (Å²) in [6.07, 6.45) is 0. The Morgan fingerprint density at radius 2 is 1.52 bits per heavy atom. The van der Waals surface area contributed by atoms with E-state index in [-0.39, 0.29) is 11.8 Å². The van der Waals surface area contributed by atoms with Crippen LogP contribution in [0.15, 0.2) is 42.5 Å². The first kappa shape index (κ1) is 14.8. The number of carbonyl (C=O) groups excluding carboxylic acids is 2. The van der Waals surface area contributed by atoms with Crippen LogP contribution < -0.4 is 10.6 Å². The van der Waals surface area contributed by atoms with Crippen LogP contribution in [0.4, 0.5) is 11.4 Å². The van der Waals surface area contributed by atoms with Crippen molar-refractivity contribution < 1.29 is 9.59 Å². The Morgan fingerprint density at radius 3 is 2.17 bits per heavy atom. The fraction of sp³-hybridized carbons (Fsp3) is 0.118. The van der Waals surface area contributed by atoms with E-state index < -0.39 is 0 Å². The van der Waals surface area contributed by atoms with Gasteiger partial charge in [-0.25, -0.2) is 4.98 Å². The highest BCUT2D eigenvalue weighted by Crippen LogP contribution is 2.24. The van der Waals surface area contributed by atoms with Crippen molar-refractivity contribution in [3.8, 4) is 11.4 Å². The summed E-state index contributed by atoms with van der Waals surface area (Å²) in [4.78, 5) is 29.9. The monoisotopic (exact) mass is 308 g/mol. The molecule has 2 aromatic carbocycles. The first-order valence-electron chi connectivity index (χ1n) is 7.16. The number of nitrogens with zero attached hydrogens (tertiary/aromatic N) is 1. The third-order valence-electron chi connectivity index (χ3n) is 3.28. The fourth-order valence-electron chi connectivity index (χ4n) is 2.34. The van der Waals surface area contributed by atoms with Crippen molar-refractivity contribution in [2.45, 2.75) is 13.8 Å². The molecular weight excluding hydrogens is 292 g/mol. The summed E-state index contributed by atoms with van der Waals surface area (Å²) in [7, 11) is 0. The van der Waals surface area contributed by atoms with E-state index in [0.717, 1.165) is 33.8 Å². The molecule has 116 valence electrons. The lowest BCUT2D eigenvalue weighted by Crippen LogP contribution is -2.05. The Labute approximate surface area is 132 Å². The zero-order valence-corrected chi connectivity index (χ0v) is 12.8. The highest BCUT2D eigenvalue weighted by Gasteiger charge is 2.07. The Morgan fingerprint density at radius 1 is 0.913 bits per heavy atom. The SMILES string of the molecule is CC(=O)Nc1ccc(-c2nc3ccc(NC(C)=O)cc3[nH]2)cc1. The molecule has 1 heterocycles. The number of carbonyl (C=O) groups is 2. The molecule has 0 atom stereocenters. The first-order chi connectivity index (χ1) is 11.0. The summed E-state index contributed by atoms with van der Waals surface area (Å²) in [6.45, 7) is 2.94. The Kier molecular flexibility index (Phi) is 3.80. The summed E-state index contributed by atoms with van der Waals surface area (Å²) >= 11 is 0. The second kappa shape index (κ2) is 5.92. The average molecular weight is 308 g/mol. The number of amides is 2. The van der Waals surface area contributed by atoms with Crippen molar-refractivity contribution in [1.29, 1.82) is 0 Å². The molecule has 23 heavy (non-hydrogen) atoms. The molecule has 0 saturated heterocycles. The largest absolute Gasteiger partial charge is 0.338 e. The predicted octanol–water partition coefficient (Wildman–Crippen LogP) is 3.15. The van der Waals surface area contributed by atoms with Crippen molar-refractivity contribution in [3.05, 3.63) is 42.5 Å². The van der Waals surface area contributed by atoms with E-state index in [9.17, 15) is 9.59 Å². The molecule has 0 saturated carbocycles. The van der Waals surface area contributed by atoms with Gasteiger partial charge in [-0.2, -0.15) is 0 Å². The summed E-state index contributed by atoms with van der Waals surface area (Å²) < 4.78 is 0. The minimum absolute atomic E-state index is 0.105. The molecule has 3 rings (SSSR count). The van der Waals surface area contributed by atoms with Gasteiger partial charge in [0.2, 0.25) is 11.8 Å². The van der Waals surface area contributed by atoms with E-state index in [0.29, 0.717) is 0 Å². The van der Waals surface area contributed by atoms with Crippen LogP contribution in [0.2, 0.25) is 0 Å². The van der Waals surface area contributed by atoms with E-state index in [1.54, 1.807) is 0 Å². The molecule has 3 aromatic rings. The van der Waals surface area contributed by atoms with Crippen molar-refractivity contribution in [2.24, 2.45) is 0 Å². The minimum Gasteiger partial charge on any atom is -0.338 e. The zero-order valence-electron chi connectivity index (χ0n) is 12.8. The number of rotatable bonds is 3. The van der Waals surface area contributed by atoms with Gasteiger partial charge in [0, 0.05) is 30.8 Å². The van der Waals surface area contributed by atoms with Gasteiger partial charge in [-0.15, -0.1) is 0 Å². The maximum atomic E-state index is 11.1. The van der Waals surface area contributed by atoms with Gasteiger partial charge in [-0.3, -0.25) is 9.59 Å². The molecule has 6 nitrogen and oxygen atoms in total. The Balaban J connectivity index is 1.90. The number of fused-ring (bicyclic) bond motifs is 1. The molecule has 0 radical (unpaired) electrons. The zero-order chi connectivity index (χ0) is 16.4. The molecule has 0 aliphatic carbocycles. The number of hydrogen-bond donors (Lipinski definition) is 3. The Bertz CT molecular complexity index is 881. The van der Waals surface area contributed by atoms with E-state index >= 15 is 0 Å². The average Bonchev–Trinajstić information content (AvgIpc) is 2.90. The number of aromatic amines is 1. The van der Waals surface area contributed by atoms with Crippen LogP contribution in [0.5, 0.6) is 0 Å². The lowest BCUT2D eigenvalue weighted by atomic mass is 10.2. The lowest BCUT2D eigenvalue weighted by molar-refractivity contribution is -0.115. The highest BCUT2D eigenvalue weighted by molar-refractivity contribution is 5.92. The second-order valence-electron chi connectivity index (χ2n) is 5.26. The molecule has 0 fully saturated rings. The van der Waals surface area contributed by atoms with Gasteiger partial charge in [-0.1, -0.05) is 0 Å². The topological polar surface area (TPSA) is 86.9 Å². The molecule has 0 aliphatic rings. The molecule has 0 unspecified atom stereocenters. The van der Waals surface area contributed by atoms with Gasteiger partial charge in [0.1, 0.15) is 5.82 Å². The molecule has 3 N–H and O–H groups in total. The molecule has 2 amide bonds. The minimum atomic E-state index is -0.113. The van der Waals surface area contributed by atoms with Crippen LogP contribution in [0, 0.1) is 0 Å². The van der Waals surface area contributed by atoms with Crippen LogP contribution in [0.3, 0.4) is 0 Å². The molecule has 1 aromatic heterocycles. The van der Waals surface area contributed by atoms with Crippen molar-refractivity contribution in [1.82, 2.24) is 9.97 Å². The standard InChI is InChI=1S/C17H16N4O2/c1-10(22)18-13-5-3-12(4-6-13)17-20-15-8-7-14(19-11(2)23)9-16(15)21-17/h3-9H,1-2H3,(H,18,22)(H,19,23)(H,20,21). The maximum Gasteiger partial charge on any atom is 0.221 e.